The second-order valence-corrected chi connectivity index (χ2v) is 10.4. The highest BCUT2D eigenvalue weighted by atomic mass is 32.2. The van der Waals surface area contributed by atoms with Crippen LogP contribution in [0.15, 0.2) is 47.5 Å². The molecule has 0 bridgehead atoms. The quantitative estimate of drug-likeness (QED) is 0.587. The number of hydrogen-bond acceptors (Lipinski definition) is 4. The van der Waals surface area contributed by atoms with Crippen LogP contribution in [0.25, 0.3) is 0 Å². The van der Waals surface area contributed by atoms with Gasteiger partial charge in [-0.3, -0.25) is 4.79 Å². The van der Waals surface area contributed by atoms with E-state index in [9.17, 15) is 13.2 Å². The second kappa shape index (κ2) is 10.3. The Morgan fingerprint density at radius 3 is 2.62 bits per heavy atom. The molecule has 2 aromatic rings. The molecule has 1 amide bonds. The zero-order valence-electron chi connectivity index (χ0n) is 16.8. The Kier molecular flexibility index (Phi) is 7.80. The number of H-pyrrole nitrogens is 1. The highest BCUT2D eigenvalue weighted by Crippen LogP contribution is 2.23. The molecule has 1 unspecified atom stereocenters. The first kappa shape index (κ1) is 21.9. The fourth-order valence-electron chi connectivity index (χ4n) is 3.43. The first-order chi connectivity index (χ1) is 14.0. The van der Waals surface area contributed by atoms with Gasteiger partial charge in [0, 0.05) is 30.8 Å². The molecular formula is C21H29N3O3S2. The molecule has 1 aromatic carbocycles. The summed E-state index contributed by atoms with van der Waals surface area (Å²) >= 11 is 1.75. The summed E-state index contributed by atoms with van der Waals surface area (Å²) < 4.78 is 27.1. The van der Waals surface area contributed by atoms with Gasteiger partial charge in [-0.2, -0.15) is 16.1 Å². The summed E-state index contributed by atoms with van der Waals surface area (Å²) in [6.07, 6.45) is 5.51. The molecule has 1 atom stereocenters. The average molecular weight is 436 g/mol. The number of carbonyl (C=O) groups is 1. The zero-order valence-corrected chi connectivity index (χ0v) is 18.4. The van der Waals surface area contributed by atoms with E-state index in [1.54, 1.807) is 11.8 Å². The number of thioether (sulfide) groups is 1. The van der Waals surface area contributed by atoms with E-state index in [4.69, 9.17) is 0 Å². The van der Waals surface area contributed by atoms with Gasteiger partial charge in [0.05, 0.1) is 6.04 Å². The van der Waals surface area contributed by atoms with Crippen molar-refractivity contribution in [1.82, 2.24) is 14.6 Å². The number of amides is 1. The first-order valence-electron chi connectivity index (χ1n) is 10.1. The summed E-state index contributed by atoms with van der Waals surface area (Å²) in [5, 5.41) is 3.07. The minimum absolute atomic E-state index is 0.0993. The Bertz CT molecular complexity index is 891. The number of aromatic nitrogens is 1. The molecule has 1 aliphatic rings. The average Bonchev–Trinajstić information content (AvgIpc) is 3.26. The number of carbonyl (C=O) groups excluding carboxylic acids is 1. The largest absolute Gasteiger partial charge is 0.356 e. The minimum atomic E-state index is -3.56. The summed E-state index contributed by atoms with van der Waals surface area (Å²) in [4.78, 5) is 15.8. The normalized spacial score (nSPS) is 16.4. The fourth-order valence-corrected chi connectivity index (χ4v) is 6.00. The standard InChI is InChI=1S/C21H29N3O3S2/c1-2-3-5-10-19(17-8-6-4-7-9-17)23-21(25)20-15-18(16-22-20)29(26,27)24-11-13-28-14-12-24/h4,6-9,15-16,19,22H,2-3,5,10-14H2,1H3,(H,23,25). The molecule has 1 aromatic heterocycles. The van der Waals surface area contributed by atoms with E-state index >= 15 is 0 Å². The molecular weight excluding hydrogens is 406 g/mol. The topological polar surface area (TPSA) is 82.3 Å². The number of nitrogens with zero attached hydrogens (tertiary/aromatic N) is 1. The van der Waals surface area contributed by atoms with Crippen LogP contribution in [0.3, 0.4) is 0 Å². The molecule has 29 heavy (non-hydrogen) atoms. The summed E-state index contributed by atoms with van der Waals surface area (Å²) in [6.45, 7) is 3.17. The second-order valence-electron chi connectivity index (χ2n) is 7.20. The molecule has 6 nitrogen and oxygen atoms in total. The van der Waals surface area contributed by atoms with E-state index in [1.165, 1.54) is 16.6 Å². The monoisotopic (exact) mass is 435 g/mol. The number of hydrogen-bond donors (Lipinski definition) is 2. The van der Waals surface area contributed by atoms with Crippen molar-refractivity contribution in [2.75, 3.05) is 24.6 Å². The van der Waals surface area contributed by atoms with Crippen LogP contribution < -0.4 is 5.32 Å². The summed E-state index contributed by atoms with van der Waals surface area (Å²) in [5.74, 6) is 1.31. The predicted octanol–water partition coefficient (Wildman–Crippen LogP) is 3.80. The molecule has 0 aliphatic carbocycles. The smallest absolute Gasteiger partial charge is 0.268 e. The van der Waals surface area contributed by atoms with E-state index < -0.39 is 10.0 Å². The van der Waals surface area contributed by atoms with Crippen LogP contribution in [0.4, 0.5) is 0 Å². The number of unbranched alkanes of at least 4 members (excludes halogenated alkanes) is 2. The maximum atomic E-state index is 12.8. The molecule has 158 valence electrons. The lowest BCUT2D eigenvalue weighted by molar-refractivity contribution is 0.0929. The van der Waals surface area contributed by atoms with Gasteiger partial charge in [0.25, 0.3) is 5.91 Å². The highest BCUT2D eigenvalue weighted by molar-refractivity contribution is 7.99. The van der Waals surface area contributed by atoms with Gasteiger partial charge in [0.15, 0.2) is 0 Å². The van der Waals surface area contributed by atoms with Crippen LogP contribution >= 0.6 is 11.8 Å². The number of nitrogens with one attached hydrogen (secondary N) is 2. The maximum Gasteiger partial charge on any atom is 0.268 e. The highest BCUT2D eigenvalue weighted by Gasteiger charge is 2.28. The van der Waals surface area contributed by atoms with E-state index in [2.05, 4.69) is 17.2 Å². The van der Waals surface area contributed by atoms with E-state index in [-0.39, 0.29) is 22.5 Å². The molecule has 3 rings (SSSR count). The molecule has 1 saturated heterocycles. The summed E-state index contributed by atoms with van der Waals surface area (Å²) in [5.41, 5.74) is 1.33. The van der Waals surface area contributed by atoms with Crippen LogP contribution in [0, 0.1) is 0 Å². The molecule has 1 fully saturated rings. The van der Waals surface area contributed by atoms with Gasteiger partial charge in [-0.05, 0) is 18.1 Å². The molecule has 1 aliphatic heterocycles. The van der Waals surface area contributed by atoms with Gasteiger partial charge < -0.3 is 10.3 Å². The molecule has 8 heteroatoms. The van der Waals surface area contributed by atoms with E-state index in [1.807, 2.05) is 30.3 Å². The first-order valence-corrected chi connectivity index (χ1v) is 12.7. The van der Waals surface area contributed by atoms with Gasteiger partial charge in [0.2, 0.25) is 10.0 Å². The third-order valence-electron chi connectivity index (χ3n) is 5.11. The Labute approximate surface area is 177 Å². The maximum absolute atomic E-state index is 12.8. The predicted molar refractivity (Wildman–Crippen MR) is 118 cm³/mol. The summed E-state index contributed by atoms with van der Waals surface area (Å²) in [6, 6.07) is 11.2. The lowest BCUT2D eigenvalue weighted by Gasteiger charge is -2.24. The van der Waals surface area contributed by atoms with Crippen molar-refractivity contribution in [2.24, 2.45) is 0 Å². The molecule has 2 heterocycles. The SMILES string of the molecule is CCCCCC(NC(=O)c1cc(S(=O)(=O)N2CCSCC2)c[nH]1)c1ccccc1. The third-order valence-corrected chi connectivity index (χ3v) is 7.93. The van der Waals surface area contributed by atoms with Crippen molar-refractivity contribution >= 4 is 27.7 Å². The van der Waals surface area contributed by atoms with Gasteiger partial charge in [-0.15, -0.1) is 0 Å². The lowest BCUT2D eigenvalue weighted by atomic mass is 10.0. The van der Waals surface area contributed by atoms with Crippen LogP contribution in [-0.2, 0) is 10.0 Å². The van der Waals surface area contributed by atoms with Crippen molar-refractivity contribution in [2.45, 2.75) is 43.5 Å². The molecule has 0 radical (unpaired) electrons. The lowest BCUT2D eigenvalue weighted by Crippen LogP contribution is -2.37. The third kappa shape index (κ3) is 5.65. The van der Waals surface area contributed by atoms with E-state index in [0.29, 0.717) is 13.1 Å². The van der Waals surface area contributed by atoms with Gasteiger partial charge in [0.1, 0.15) is 10.6 Å². The van der Waals surface area contributed by atoms with Crippen molar-refractivity contribution in [3.05, 3.63) is 53.9 Å². The van der Waals surface area contributed by atoms with Crippen molar-refractivity contribution < 1.29 is 13.2 Å². The number of sulfonamides is 1. The molecule has 2 N–H and O–H groups in total. The number of rotatable bonds is 9. The van der Waals surface area contributed by atoms with Crippen LogP contribution in [0.5, 0.6) is 0 Å². The summed E-state index contributed by atoms with van der Waals surface area (Å²) in [7, 11) is -3.56. The Hall–Kier alpha value is -1.77. The van der Waals surface area contributed by atoms with Gasteiger partial charge in [-0.25, -0.2) is 8.42 Å². The Balaban J connectivity index is 1.72. The van der Waals surface area contributed by atoms with Crippen LogP contribution in [0.1, 0.15) is 54.7 Å². The fraction of sp³-hybridized carbons (Fsp3) is 0.476. The molecule has 0 saturated carbocycles. The number of aromatic amines is 1. The van der Waals surface area contributed by atoms with Crippen molar-refractivity contribution in [3.63, 3.8) is 0 Å². The Morgan fingerprint density at radius 1 is 1.21 bits per heavy atom. The minimum Gasteiger partial charge on any atom is -0.356 e. The van der Waals surface area contributed by atoms with Crippen molar-refractivity contribution in [3.8, 4) is 0 Å². The molecule has 0 spiro atoms. The zero-order chi connectivity index (χ0) is 20.7. The van der Waals surface area contributed by atoms with Crippen LogP contribution in [-0.4, -0.2) is 48.2 Å². The van der Waals surface area contributed by atoms with Gasteiger partial charge in [-0.1, -0.05) is 56.5 Å². The van der Waals surface area contributed by atoms with E-state index in [0.717, 1.165) is 42.8 Å². The van der Waals surface area contributed by atoms with Gasteiger partial charge >= 0.3 is 0 Å². The Morgan fingerprint density at radius 2 is 1.93 bits per heavy atom. The number of benzene rings is 1. The van der Waals surface area contributed by atoms with Crippen LogP contribution in [0.2, 0.25) is 0 Å². The van der Waals surface area contributed by atoms with Crippen molar-refractivity contribution in [1.29, 1.82) is 0 Å².